The maximum atomic E-state index is 15.4. The number of hydrogen-bond acceptors (Lipinski definition) is 4. The molecule has 0 radical (unpaired) electrons. The van der Waals surface area contributed by atoms with Gasteiger partial charge in [-0.2, -0.15) is 0 Å². The first kappa shape index (κ1) is 51.8. The van der Waals surface area contributed by atoms with Crippen LogP contribution < -0.4 is 9.80 Å². The highest BCUT2D eigenvalue weighted by Gasteiger charge is 2.51. The van der Waals surface area contributed by atoms with E-state index in [-0.39, 0.29) is 22.5 Å². The van der Waals surface area contributed by atoms with E-state index in [1.165, 1.54) is 23.3 Å². The topological polar surface area (TPSA) is 32.8 Å². The van der Waals surface area contributed by atoms with Gasteiger partial charge in [0.25, 0.3) is 0 Å². The fourth-order valence-electron chi connectivity index (χ4n) is 13.4. The highest BCUT2D eigenvalue weighted by atomic mass is 19.1. The third kappa shape index (κ3) is 8.29. The van der Waals surface area contributed by atoms with Crippen molar-refractivity contribution in [3.05, 3.63) is 300 Å². The standard InChI is InChI=1S/C79H60F2N2O2/c1-77(2,3)52-30-38-58(39-31-52)82(60-42-34-56(80)35-43-60)67-47-65-72(75-70(67)63-24-15-16-27-69(63)84-75)73-66(79(65,54-20-9-7-10-21-54)55-22-11-8-12-23-55)48-68(83(61-44-36-57(81)37-45-61)59-40-32-53(33-41-59)78(4,5)6)71-64-26-17-25-62(74(64)85-76(71)73)51-29-28-49-18-13-14-19-50(49)46-51/h7-48H,1-6H3. The van der Waals surface area contributed by atoms with Gasteiger partial charge in [0.05, 0.1) is 27.6 Å². The van der Waals surface area contributed by atoms with Crippen LogP contribution in [0.1, 0.15) is 74.9 Å². The summed E-state index contributed by atoms with van der Waals surface area (Å²) in [6.07, 6.45) is 0. The van der Waals surface area contributed by atoms with Gasteiger partial charge in [0, 0.05) is 50.2 Å². The van der Waals surface area contributed by atoms with Gasteiger partial charge in [-0.05, 0) is 158 Å². The highest BCUT2D eigenvalue weighted by Crippen LogP contribution is 2.64. The van der Waals surface area contributed by atoms with Gasteiger partial charge in [0.2, 0.25) is 0 Å². The van der Waals surface area contributed by atoms with E-state index in [0.29, 0.717) is 11.2 Å². The molecule has 0 amide bonds. The van der Waals surface area contributed by atoms with Crippen LogP contribution in [0.25, 0.3) is 76.9 Å². The van der Waals surface area contributed by atoms with Crippen molar-refractivity contribution in [2.45, 2.75) is 57.8 Å². The average molecular weight is 1110 g/mol. The molecule has 14 aromatic rings. The fraction of sp³-hybridized carbons (Fsp3) is 0.114. The van der Waals surface area contributed by atoms with E-state index in [9.17, 15) is 0 Å². The normalized spacial score (nSPS) is 13.0. The number of fused-ring (bicyclic) bond motifs is 12. The largest absolute Gasteiger partial charge is 0.455 e. The second-order valence-corrected chi connectivity index (χ2v) is 24.7. The Kier molecular flexibility index (Phi) is 11.9. The summed E-state index contributed by atoms with van der Waals surface area (Å²) in [5, 5.41) is 5.93. The van der Waals surface area contributed by atoms with Crippen molar-refractivity contribution >= 4 is 88.8 Å². The van der Waals surface area contributed by atoms with Gasteiger partial charge in [-0.25, -0.2) is 8.78 Å². The maximum Gasteiger partial charge on any atom is 0.145 e. The first-order valence-electron chi connectivity index (χ1n) is 29.2. The Balaban J connectivity index is 1.15. The second-order valence-electron chi connectivity index (χ2n) is 24.7. The summed E-state index contributed by atoms with van der Waals surface area (Å²) in [5.74, 6) is -0.649. The molecule has 0 aliphatic heterocycles. The Labute approximate surface area is 493 Å². The molecular weight excluding hydrogens is 1050 g/mol. The van der Waals surface area contributed by atoms with Crippen LogP contribution in [-0.4, -0.2) is 0 Å². The molecule has 0 atom stereocenters. The molecule has 6 heteroatoms. The second kappa shape index (κ2) is 19.5. The zero-order valence-electron chi connectivity index (χ0n) is 48.2. The molecule has 0 unspecified atom stereocenters. The molecule has 0 saturated heterocycles. The van der Waals surface area contributed by atoms with Crippen molar-refractivity contribution in [3.8, 4) is 22.3 Å². The van der Waals surface area contributed by atoms with Crippen LogP contribution in [-0.2, 0) is 16.2 Å². The van der Waals surface area contributed by atoms with E-state index in [0.717, 1.165) is 122 Å². The monoisotopic (exact) mass is 1110 g/mol. The van der Waals surface area contributed by atoms with Crippen LogP contribution in [0.4, 0.5) is 42.9 Å². The van der Waals surface area contributed by atoms with Crippen molar-refractivity contribution in [1.29, 1.82) is 0 Å². The molecule has 2 aromatic heterocycles. The van der Waals surface area contributed by atoms with Crippen LogP contribution in [0.15, 0.2) is 264 Å². The molecule has 1 aliphatic carbocycles. The van der Waals surface area contributed by atoms with E-state index in [1.54, 1.807) is 12.1 Å². The number of nitrogens with zero attached hydrogens (tertiary/aromatic N) is 2. The lowest BCUT2D eigenvalue weighted by Crippen LogP contribution is -2.29. The summed E-state index contributed by atoms with van der Waals surface area (Å²) in [4.78, 5) is 4.53. The van der Waals surface area contributed by atoms with Gasteiger partial charge in [0.15, 0.2) is 0 Å². The number of halogens is 2. The molecule has 0 bridgehead atoms. The van der Waals surface area contributed by atoms with Gasteiger partial charge < -0.3 is 18.6 Å². The Hall–Kier alpha value is -10.0. The minimum atomic E-state index is -1.05. The first-order valence-corrected chi connectivity index (χ1v) is 29.2. The van der Waals surface area contributed by atoms with Crippen molar-refractivity contribution in [2.24, 2.45) is 0 Å². The summed E-state index contributed by atoms with van der Waals surface area (Å²) in [5.41, 5.74) is 16.9. The van der Waals surface area contributed by atoms with Crippen LogP contribution in [0.5, 0.6) is 0 Å². The molecule has 0 spiro atoms. The molecule has 0 saturated carbocycles. The Morgan fingerprint density at radius 2 is 0.800 bits per heavy atom. The van der Waals surface area contributed by atoms with Gasteiger partial charge in [-0.1, -0.05) is 199 Å². The summed E-state index contributed by atoms with van der Waals surface area (Å²) < 4.78 is 46.1. The zero-order valence-corrected chi connectivity index (χ0v) is 48.2. The van der Waals surface area contributed by atoms with Gasteiger partial charge >= 0.3 is 0 Å². The molecule has 12 aromatic carbocycles. The predicted molar refractivity (Wildman–Crippen MR) is 348 cm³/mol. The van der Waals surface area contributed by atoms with Crippen LogP contribution in [0.2, 0.25) is 0 Å². The quantitative estimate of drug-likeness (QED) is 0.144. The highest BCUT2D eigenvalue weighted by molar-refractivity contribution is 6.26. The Morgan fingerprint density at radius 3 is 1.32 bits per heavy atom. The smallest absolute Gasteiger partial charge is 0.145 e. The summed E-state index contributed by atoms with van der Waals surface area (Å²) in [7, 11) is 0. The van der Waals surface area contributed by atoms with E-state index in [2.05, 4.69) is 245 Å². The molecule has 1 aliphatic rings. The average Bonchev–Trinajstić information content (AvgIpc) is 1.63. The number of para-hydroxylation sites is 2. The number of anilines is 6. The summed E-state index contributed by atoms with van der Waals surface area (Å²) in [6.45, 7) is 13.4. The lowest BCUT2D eigenvalue weighted by molar-refractivity contribution is 0.590. The molecule has 0 N–H and O–H groups in total. The number of furan rings is 2. The SMILES string of the molecule is CC(C)(C)c1ccc(N(c2ccc(F)cc2)c2cc3c(c4oc5ccccc5c24)-c2c(cc(N(c4ccc(F)cc4)c4ccc(C(C)(C)C)cc4)c4c2oc2c(-c5ccc6ccccc6c5)cccc24)C3(c2ccccc2)c2ccccc2)cc1. The fourth-order valence-corrected chi connectivity index (χ4v) is 13.4. The number of hydrogen-bond donors (Lipinski definition) is 0. The molecular formula is C79H60F2N2O2. The first-order chi connectivity index (χ1) is 41.2. The molecule has 412 valence electrons. The van der Waals surface area contributed by atoms with Gasteiger partial charge in [-0.3, -0.25) is 0 Å². The minimum Gasteiger partial charge on any atom is -0.455 e. The van der Waals surface area contributed by atoms with Crippen LogP contribution >= 0.6 is 0 Å². The van der Waals surface area contributed by atoms with E-state index < -0.39 is 5.41 Å². The molecule has 85 heavy (non-hydrogen) atoms. The van der Waals surface area contributed by atoms with Crippen LogP contribution in [0, 0.1) is 11.6 Å². The van der Waals surface area contributed by atoms with E-state index in [1.807, 2.05) is 36.4 Å². The van der Waals surface area contributed by atoms with E-state index >= 15 is 8.78 Å². The molecule has 0 fully saturated rings. The predicted octanol–water partition coefficient (Wildman–Crippen LogP) is 22.5. The molecule has 15 rings (SSSR count). The van der Waals surface area contributed by atoms with Crippen LogP contribution in [0.3, 0.4) is 0 Å². The lowest BCUT2D eigenvalue weighted by atomic mass is 9.67. The maximum absolute atomic E-state index is 15.4. The zero-order chi connectivity index (χ0) is 57.9. The van der Waals surface area contributed by atoms with E-state index in [4.69, 9.17) is 8.83 Å². The molecule has 4 nitrogen and oxygen atoms in total. The number of rotatable bonds is 9. The van der Waals surface area contributed by atoms with Crippen molar-refractivity contribution in [1.82, 2.24) is 0 Å². The van der Waals surface area contributed by atoms with Crippen molar-refractivity contribution in [3.63, 3.8) is 0 Å². The van der Waals surface area contributed by atoms with Gasteiger partial charge in [-0.15, -0.1) is 0 Å². The Bertz CT molecular complexity index is 4860. The van der Waals surface area contributed by atoms with Gasteiger partial charge in [0.1, 0.15) is 34.0 Å². The summed E-state index contributed by atoms with van der Waals surface area (Å²) >= 11 is 0. The van der Waals surface area contributed by atoms with Crippen molar-refractivity contribution in [2.75, 3.05) is 9.80 Å². The third-order valence-corrected chi connectivity index (χ3v) is 17.5. The minimum absolute atomic E-state index is 0.100. The Morgan fingerprint density at radius 1 is 0.365 bits per heavy atom. The lowest BCUT2D eigenvalue weighted by Gasteiger charge is -2.36. The summed E-state index contributed by atoms with van der Waals surface area (Å²) in [6, 6.07) is 87.3. The third-order valence-electron chi connectivity index (χ3n) is 17.5. The van der Waals surface area contributed by atoms with Crippen molar-refractivity contribution < 1.29 is 17.6 Å². The number of benzene rings is 12. The molecule has 2 heterocycles.